The predicted molar refractivity (Wildman–Crippen MR) is 138 cm³/mol. The zero-order valence-corrected chi connectivity index (χ0v) is 20.1. The van der Waals surface area contributed by atoms with E-state index in [1.807, 2.05) is 83.6 Å². The number of anilines is 1. The molecule has 0 saturated carbocycles. The van der Waals surface area contributed by atoms with Crippen molar-refractivity contribution < 1.29 is 14.3 Å². The van der Waals surface area contributed by atoms with E-state index in [2.05, 4.69) is 15.2 Å². The lowest BCUT2D eigenvalue weighted by molar-refractivity contribution is 0.0600. The van der Waals surface area contributed by atoms with Crippen LogP contribution in [-0.4, -0.2) is 34.9 Å². The van der Waals surface area contributed by atoms with Gasteiger partial charge in [0, 0.05) is 29.8 Å². The van der Waals surface area contributed by atoms with E-state index in [1.165, 1.54) is 7.11 Å². The summed E-state index contributed by atoms with van der Waals surface area (Å²) in [6.45, 7) is 0. The second-order valence-corrected chi connectivity index (χ2v) is 8.40. The van der Waals surface area contributed by atoms with Crippen molar-refractivity contribution in [3.05, 3.63) is 108 Å². The number of rotatable bonds is 6. The van der Waals surface area contributed by atoms with Gasteiger partial charge in [-0.25, -0.2) is 4.79 Å². The molecule has 7 nitrogen and oxygen atoms in total. The zero-order chi connectivity index (χ0) is 24.4. The highest BCUT2D eigenvalue weighted by Gasteiger charge is 2.42. The van der Waals surface area contributed by atoms with Gasteiger partial charge in [-0.05, 0) is 60.7 Å². The Labute approximate surface area is 208 Å². The number of carbonyl (C=O) groups excluding carboxylic acids is 1. The van der Waals surface area contributed by atoms with Crippen LogP contribution in [0.25, 0.3) is 5.69 Å². The van der Waals surface area contributed by atoms with Gasteiger partial charge in [0.15, 0.2) is 5.11 Å². The van der Waals surface area contributed by atoms with Crippen molar-refractivity contribution in [2.45, 2.75) is 12.1 Å². The quantitative estimate of drug-likeness (QED) is 0.310. The molecule has 1 aliphatic rings. The molecule has 1 saturated heterocycles. The summed E-state index contributed by atoms with van der Waals surface area (Å²) in [5.74, 6) is 0.336. The van der Waals surface area contributed by atoms with Gasteiger partial charge < -0.3 is 24.3 Å². The van der Waals surface area contributed by atoms with Crippen molar-refractivity contribution >= 4 is 29.0 Å². The van der Waals surface area contributed by atoms with E-state index in [9.17, 15) is 4.79 Å². The molecule has 5 rings (SSSR count). The van der Waals surface area contributed by atoms with Crippen LogP contribution in [0.15, 0.2) is 91.3 Å². The number of para-hydroxylation sites is 1. The van der Waals surface area contributed by atoms with Crippen LogP contribution >= 0.6 is 12.2 Å². The first-order chi connectivity index (χ1) is 17.1. The van der Waals surface area contributed by atoms with E-state index in [0.29, 0.717) is 10.7 Å². The number of esters is 1. The molecule has 176 valence electrons. The lowest BCUT2D eigenvalue weighted by Crippen LogP contribution is -2.30. The molecule has 8 heteroatoms. The molecule has 2 aromatic heterocycles. The Balaban J connectivity index is 1.69. The number of hydrogen-bond acceptors (Lipinski definition) is 5. The fourth-order valence-corrected chi connectivity index (χ4v) is 4.86. The summed E-state index contributed by atoms with van der Waals surface area (Å²) in [4.78, 5) is 19.2. The van der Waals surface area contributed by atoms with Crippen LogP contribution in [0.3, 0.4) is 0 Å². The number of aromatic nitrogens is 2. The molecule has 35 heavy (non-hydrogen) atoms. The maximum absolute atomic E-state index is 12.6. The second-order valence-electron chi connectivity index (χ2n) is 8.01. The van der Waals surface area contributed by atoms with E-state index < -0.39 is 5.97 Å². The first kappa shape index (κ1) is 22.6. The maximum Gasteiger partial charge on any atom is 0.339 e. The van der Waals surface area contributed by atoms with Gasteiger partial charge in [0.25, 0.3) is 0 Å². The molecule has 0 amide bonds. The average molecular weight is 485 g/mol. The van der Waals surface area contributed by atoms with Gasteiger partial charge in [0.2, 0.25) is 0 Å². The number of carbonyl (C=O) groups is 1. The van der Waals surface area contributed by atoms with E-state index in [4.69, 9.17) is 21.7 Å². The summed E-state index contributed by atoms with van der Waals surface area (Å²) in [5.41, 5.74) is 3.89. The van der Waals surface area contributed by atoms with Gasteiger partial charge in [-0.2, -0.15) is 0 Å². The average Bonchev–Trinajstić information content (AvgIpc) is 3.53. The number of nitrogens with one attached hydrogen (secondary N) is 1. The van der Waals surface area contributed by atoms with Gasteiger partial charge in [0.05, 0.1) is 37.2 Å². The molecular weight excluding hydrogens is 460 g/mol. The normalized spacial score (nSPS) is 17.2. The summed E-state index contributed by atoms with van der Waals surface area (Å²) in [6.07, 6.45) is 3.72. The van der Waals surface area contributed by atoms with Crippen LogP contribution in [0.5, 0.6) is 5.75 Å². The van der Waals surface area contributed by atoms with Gasteiger partial charge in [-0.15, -0.1) is 0 Å². The van der Waals surface area contributed by atoms with Crippen molar-refractivity contribution in [3.8, 4) is 11.4 Å². The zero-order valence-electron chi connectivity index (χ0n) is 19.3. The number of thiocarbonyl (C=S) groups is 1. The summed E-state index contributed by atoms with van der Waals surface area (Å²) < 4.78 is 12.5. The Hall–Kier alpha value is -4.17. The smallest absolute Gasteiger partial charge is 0.339 e. The highest BCUT2D eigenvalue weighted by molar-refractivity contribution is 7.80. The topological polar surface area (TPSA) is 68.6 Å². The first-order valence-electron chi connectivity index (χ1n) is 11.1. The number of pyridine rings is 1. The molecule has 1 N–H and O–H groups in total. The van der Waals surface area contributed by atoms with Crippen molar-refractivity contribution in [1.82, 2.24) is 14.9 Å². The Morgan fingerprint density at radius 3 is 2.60 bits per heavy atom. The molecule has 1 aliphatic heterocycles. The standard InChI is InChI=1S/C27H24N4O3S/c1-33-19-10-7-9-18(17-19)31-25(24(29-27(31)35)21-12-5-6-15-28-21)23-14-8-16-30(23)22-13-4-3-11-20(22)26(32)34-2/h3-17,24-25H,1-2H3,(H,29,35). The monoisotopic (exact) mass is 484 g/mol. The van der Waals surface area contributed by atoms with E-state index in [0.717, 1.165) is 28.5 Å². The fraction of sp³-hybridized carbons (Fsp3) is 0.148. The third kappa shape index (κ3) is 4.13. The molecule has 3 heterocycles. The van der Waals surface area contributed by atoms with Crippen molar-refractivity contribution in [3.63, 3.8) is 0 Å². The summed E-state index contributed by atoms with van der Waals surface area (Å²) in [5, 5.41) is 4.05. The molecule has 0 bridgehead atoms. The summed E-state index contributed by atoms with van der Waals surface area (Å²) in [6, 6.07) is 24.5. The van der Waals surface area contributed by atoms with Crippen molar-refractivity contribution in [2.75, 3.05) is 19.1 Å². The summed E-state index contributed by atoms with van der Waals surface area (Å²) in [7, 11) is 3.03. The van der Waals surface area contributed by atoms with Crippen LogP contribution in [-0.2, 0) is 4.74 Å². The molecule has 0 radical (unpaired) electrons. The van der Waals surface area contributed by atoms with Crippen LogP contribution in [0.4, 0.5) is 5.69 Å². The Bertz CT molecular complexity index is 1370. The van der Waals surface area contributed by atoms with Crippen molar-refractivity contribution in [1.29, 1.82) is 0 Å². The SMILES string of the molecule is COC(=O)c1ccccc1-n1cccc1C1C(c2ccccn2)NC(=S)N1c1cccc(OC)c1. The molecule has 0 aliphatic carbocycles. The molecular formula is C27H24N4O3S. The minimum absolute atomic E-state index is 0.228. The third-order valence-corrected chi connectivity index (χ3v) is 6.40. The van der Waals surface area contributed by atoms with Crippen LogP contribution in [0.2, 0.25) is 0 Å². The largest absolute Gasteiger partial charge is 0.497 e. The minimum atomic E-state index is -0.397. The number of methoxy groups -OCH3 is 2. The highest BCUT2D eigenvalue weighted by atomic mass is 32.1. The van der Waals surface area contributed by atoms with Crippen LogP contribution < -0.4 is 15.0 Å². The van der Waals surface area contributed by atoms with E-state index >= 15 is 0 Å². The molecule has 0 spiro atoms. The molecule has 1 fully saturated rings. The third-order valence-electron chi connectivity index (χ3n) is 6.08. The first-order valence-corrected chi connectivity index (χ1v) is 11.5. The number of ether oxygens (including phenoxy) is 2. The molecule has 2 atom stereocenters. The maximum atomic E-state index is 12.6. The predicted octanol–water partition coefficient (Wildman–Crippen LogP) is 4.84. The van der Waals surface area contributed by atoms with Gasteiger partial charge in [0.1, 0.15) is 11.8 Å². The molecule has 4 aromatic rings. The summed E-state index contributed by atoms with van der Waals surface area (Å²) >= 11 is 5.84. The molecule has 2 unspecified atom stereocenters. The van der Waals surface area contributed by atoms with Crippen molar-refractivity contribution in [2.24, 2.45) is 0 Å². The van der Waals surface area contributed by atoms with Gasteiger partial charge in [-0.3, -0.25) is 4.98 Å². The Morgan fingerprint density at radius 1 is 1.00 bits per heavy atom. The lowest BCUT2D eigenvalue weighted by atomic mass is 10.0. The number of hydrogen-bond donors (Lipinski definition) is 1. The van der Waals surface area contributed by atoms with Gasteiger partial charge in [-0.1, -0.05) is 24.3 Å². The van der Waals surface area contributed by atoms with E-state index in [1.54, 1.807) is 19.4 Å². The minimum Gasteiger partial charge on any atom is -0.497 e. The van der Waals surface area contributed by atoms with Crippen LogP contribution in [0.1, 0.15) is 33.8 Å². The Kier molecular flexibility index (Phi) is 6.20. The second kappa shape index (κ2) is 9.60. The van der Waals surface area contributed by atoms with Crippen LogP contribution in [0, 0.1) is 0 Å². The van der Waals surface area contributed by atoms with Gasteiger partial charge >= 0.3 is 5.97 Å². The lowest BCUT2D eigenvalue weighted by Gasteiger charge is -2.29. The highest BCUT2D eigenvalue weighted by Crippen LogP contribution is 2.43. The number of benzene rings is 2. The fourth-order valence-electron chi connectivity index (χ4n) is 4.51. The van der Waals surface area contributed by atoms with E-state index in [-0.39, 0.29) is 12.1 Å². The Morgan fingerprint density at radius 2 is 1.83 bits per heavy atom. The number of nitrogens with zero attached hydrogens (tertiary/aromatic N) is 3. The molecule has 2 aromatic carbocycles.